The molecule has 1 aromatic heterocycles. The van der Waals surface area contributed by atoms with E-state index < -0.39 is 0 Å². The largest absolute Gasteiger partial charge is 0.496 e. The maximum atomic E-state index is 5.61. The molecule has 0 radical (unpaired) electrons. The Kier molecular flexibility index (Phi) is 4.81. The second kappa shape index (κ2) is 7.23. The van der Waals surface area contributed by atoms with Crippen LogP contribution in [0, 0.1) is 6.92 Å². The number of rotatable bonds is 4. The van der Waals surface area contributed by atoms with Crippen molar-refractivity contribution in [2.75, 3.05) is 32.6 Å². The number of aromatic nitrogens is 2. The highest BCUT2D eigenvalue weighted by Gasteiger charge is 2.25. The van der Waals surface area contributed by atoms with Crippen LogP contribution in [0.15, 0.2) is 18.2 Å². The van der Waals surface area contributed by atoms with Crippen LogP contribution in [-0.4, -0.2) is 48.4 Å². The molecule has 1 N–H and O–H groups in total. The van der Waals surface area contributed by atoms with Gasteiger partial charge in [-0.05, 0) is 75.9 Å². The van der Waals surface area contributed by atoms with E-state index in [0.29, 0.717) is 6.04 Å². The number of anilines is 1. The summed E-state index contributed by atoms with van der Waals surface area (Å²) < 4.78 is 5.61. The van der Waals surface area contributed by atoms with E-state index in [1.165, 1.54) is 42.5 Å². The Labute approximate surface area is 155 Å². The standard InChI is InChI=1S/C21H28N4O/c1-14-9-10-18(19(12-14)26-3)20-16-7-4-8-17(16)21(24-23-20)22-15-6-5-11-25(2)13-15/h9-10,12,15H,4-8,11,13H2,1-3H3,(H,22,24). The Bertz CT molecular complexity index is 805. The highest BCUT2D eigenvalue weighted by Crippen LogP contribution is 2.38. The van der Waals surface area contributed by atoms with E-state index in [0.717, 1.165) is 42.2 Å². The zero-order valence-electron chi connectivity index (χ0n) is 16.0. The van der Waals surface area contributed by atoms with Crippen molar-refractivity contribution in [1.29, 1.82) is 0 Å². The van der Waals surface area contributed by atoms with Crippen molar-refractivity contribution < 1.29 is 4.74 Å². The molecule has 0 saturated carbocycles. The molecule has 2 aliphatic rings. The first kappa shape index (κ1) is 17.3. The summed E-state index contributed by atoms with van der Waals surface area (Å²) >= 11 is 0. The van der Waals surface area contributed by atoms with Gasteiger partial charge in [0.15, 0.2) is 5.82 Å². The lowest BCUT2D eigenvalue weighted by Crippen LogP contribution is -2.40. The number of aryl methyl sites for hydroxylation is 1. The van der Waals surface area contributed by atoms with E-state index in [1.54, 1.807) is 7.11 Å². The summed E-state index contributed by atoms with van der Waals surface area (Å²) in [5.74, 6) is 1.87. The topological polar surface area (TPSA) is 50.3 Å². The predicted molar refractivity (Wildman–Crippen MR) is 105 cm³/mol. The molecular formula is C21H28N4O. The van der Waals surface area contributed by atoms with E-state index in [9.17, 15) is 0 Å². The van der Waals surface area contributed by atoms with Gasteiger partial charge in [-0.2, -0.15) is 0 Å². The number of nitrogens with zero attached hydrogens (tertiary/aromatic N) is 3. The van der Waals surface area contributed by atoms with E-state index in [2.05, 4.69) is 52.6 Å². The van der Waals surface area contributed by atoms with Crippen LogP contribution < -0.4 is 10.1 Å². The number of fused-ring (bicyclic) bond motifs is 1. The minimum absolute atomic E-state index is 0.465. The van der Waals surface area contributed by atoms with E-state index >= 15 is 0 Å². The summed E-state index contributed by atoms with van der Waals surface area (Å²) in [4.78, 5) is 2.39. The second-order valence-corrected chi connectivity index (χ2v) is 7.66. The lowest BCUT2D eigenvalue weighted by Gasteiger charge is -2.31. The molecule has 1 fully saturated rings. The molecule has 1 aromatic carbocycles. The van der Waals surface area contributed by atoms with E-state index in [1.807, 2.05) is 0 Å². The number of methoxy groups -OCH3 is 1. The van der Waals surface area contributed by atoms with Crippen molar-refractivity contribution in [1.82, 2.24) is 15.1 Å². The quantitative estimate of drug-likeness (QED) is 0.913. The molecule has 2 aromatic rings. The summed E-state index contributed by atoms with van der Waals surface area (Å²) in [7, 11) is 3.91. The first-order chi connectivity index (χ1) is 12.7. The normalized spacial score (nSPS) is 20.0. The maximum absolute atomic E-state index is 5.61. The van der Waals surface area contributed by atoms with Crippen molar-refractivity contribution in [3.63, 3.8) is 0 Å². The van der Waals surface area contributed by atoms with Crippen LogP contribution in [0.2, 0.25) is 0 Å². The number of likely N-dealkylation sites (N-methyl/N-ethyl adjacent to an activating group) is 1. The second-order valence-electron chi connectivity index (χ2n) is 7.66. The Morgan fingerprint density at radius 1 is 1.15 bits per heavy atom. The van der Waals surface area contributed by atoms with Crippen molar-refractivity contribution in [2.45, 2.75) is 45.1 Å². The average Bonchev–Trinajstić information content (AvgIpc) is 3.12. The summed E-state index contributed by atoms with van der Waals surface area (Å²) in [6.07, 6.45) is 5.76. The van der Waals surface area contributed by atoms with Crippen LogP contribution in [0.1, 0.15) is 36.0 Å². The van der Waals surface area contributed by atoms with E-state index in [4.69, 9.17) is 4.74 Å². The monoisotopic (exact) mass is 352 g/mol. The minimum Gasteiger partial charge on any atom is -0.496 e. The van der Waals surface area contributed by atoms with Gasteiger partial charge in [0.1, 0.15) is 11.4 Å². The van der Waals surface area contributed by atoms with E-state index in [-0.39, 0.29) is 0 Å². The van der Waals surface area contributed by atoms with Crippen LogP contribution in [0.5, 0.6) is 5.75 Å². The molecule has 138 valence electrons. The Hall–Kier alpha value is -2.14. The molecule has 5 nitrogen and oxygen atoms in total. The number of hydrogen-bond donors (Lipinski definition) is 1. The number of piperidine rings is 1. The van der Waals surface area contributed by atoms with Gasteiger partial charge in [0.2, 0.25) is 0 Å². The number of benzene rings is 1. The Morgan fingerprint density at radius 3 is 2.81 bits per heavy atom. The smallest absolute Gasteiger partial charge is 0.152 e. The summed E-state index contributed by atoms with van der Waals surface area (Å²) in [5.41, 5.74) is 5.92. The third kappa shape index (κ3) is 3.28. The zero-order valence-corrected chi connectivity index (χ0v) is 16.0. The van der Waals surface area contributed by atoms with Crippen LogP contribution >= 0.6 is 0 Å². The molecule has 0 amide bonds. The molecule has 26 heavy (non-hydrogen) atoms. The predicted octanol–water partition coefficient (Wildman–Crippen LogP) is 3.46. The first-order valence-corrected chi connectivity index (χ1v) is 9.64. The fourth-order valence-electron chi connectivity index (χ4n) is 4.29. The third-order valence-electron chi connectivity index (χ3n) is 5.62. The fraction of sp³-hybridized carbons (Fsp3) is 0.524. The number of nitrogens with one attached hydrogen (secondary N) is 1. The summed E-state index contributed by atoms with van der Waals surface area (Å²) in [5, 5.41) is 12.9. The SMILES string of the molecule is COc1cc(C)ccc1-c1nnc(NC2CCCN(C)C2)c2c1CCC2. The highest BCUT2D eigenvalue weighted by atomic mass is 16.5. The number of likely N-dealkylation sites (tertiary alicyclic amines) is 1. The van der Waals surface area contributed by atoms with Gasteiger partial charge >= 0.3 is 0 Å². The maximum Gasteiger partial charge on any atom is 0.152 e. The molecule has 1 atom stereocenters. The van der Waals surface area contributed by atoms with Gasteiger partial charge in [-0.25, -0.2) is 0 Å². The highest BCUT2D eigenvalue weighted by molar-refractivity contribution is 5.73. The molecule has 2 heterocycles. The van der Waals surface area contributed by atoms with Gasteiger partial charge in [0, 0.05) is 23.7 Å². The fourth-order valence-corrected chi connectivity index (χ4v) is 4.29. The van der Waals surface area contributed by atoms with Gasteiger partial charge in [-0.1, -0.05) is 6.07 Å². The van der Waals surface area contributed by atoms with Crippen LogP contribution in [-0.2, 0) is 12.8 Å². The molecule has 4 rings (SSSR count). The first-order valence-electron chi connectivity index (χ1n) is 9.64. The summed E-state index contributed by atoms with van der Waals surface area (Å²) in [6, 6.07) is 6.76. The lowest BCUT2D eigenvalue weighted by atomic mass is 10.0. The van der Waals surface area contributed by atoms with Crippen molar-refractivity contribution in [3.05, 3.63) is 34.9 Å². The van der Waals surface area contributed by atoms with Gasteiger partial charge < -0.3 is 15.0 Å². The molecular weight excluding hydrogens is 324 g/mol. The van der Waals surface area contributed by atoms with Crippen LogP contribution in [0.4, 0.5) is 5.82 Å². The van der Waals surface area contributed by atoms with Crippen LogP contribution in [0.25, 0.3) is 11.3 Å². The van der Waals surface area contributed by atoms with Gasteiger partial charge in [0.05, 0.1) is 7.11 Å². The molecule has 5 heteroatoms. The van der Waals surface area contributed by atoms with Crippen molar-refractivity contribution >= 4 is 5.82 Å². The molecule has 0 bridgehead atoms. The van der Waals surface area contributed by atoms with Gasteiger partial charge in [-0.15, -0.1) is 10.2 Å². The number of ether oxygens (including phenoxy) is 1. The molecule has 1 aliphatic carbocycles. The zero-order chi connectivity index (χ0) is 18.1. The lowest BCUT2D eigenvalue weighted by molar-refractivity contribution is 0.260. The molecule has 1 unspecified atom stereocenters. The molecule has 1 aliphatic heterocycles. The van der Waals surface area contributed by atoms with Crippen LogP contribution in [0.3, 0.4) is 0 Å². The van der Waals surface area contributed by atoms with Crippen molar-refractivity contribution in [3.8, 4) is 17.0 Å². The van der Waals surface area contributed by atoms with Gasteiger partial charge in [0.25, 0.3) is 0 Å². The minimum atomic E-state index is 0.465. The van der Waals surface area contributed by atoms with Crippen molar-refractivity contribution in [2.24, 2.45) is 0 Å². The number of hydrogen-bond acceptors (Lipinski definition) is 5. The molecule has 1 saturated heterocycles. The summed E-state index contributed by atoms with van der Waals surface area (Å²) in [6.45, 7) is 4.34. The average molecular weight is 352 g/mol. The Balaban J connectivity index is 1.68. The molecule has 0 spiro atoms. The Morgan fingerprint density at radius 2 is 2.00 bits per heavy atom. The van der Waals surface area contributed by atoms with Gasteiger partial charge in [-0.3, -0.25) is 0 Å². The third-order valence-corrected chi connectivity index (χ3v) is 5.62.